The molecular weight excluding hydrogens is 232 g/mol. The predicted octanol–water partition coefficient (Wildman–Crippen LogP) is 2.89. The molecule has 0 radical (unpaired) electrons. The summed E-state index contributed by atoms with van der Waals surface area (Å²) in [4.78, 5) is 11.7. The average Bonchev–Trinajstić information content (AvgIpc) is 2.63. The molecular formula is C10H17BrO2. The molecule has 0 N–H and O–H groups in total. The highest BCUT2D eigenvalue weighted by molar-refractivity contribution is 9.09. The molecule has 0 aromatic carbocycles. The third-order valence-corrected chi connectivity index (χ3v) is 3.30. The lowest BCUT2D eigenvalue weighted by Crippen LogP contribution is -2.29. The van der Waals surface area contributed by atoms with E-state index in [-0.39, 0.29) is 11.4 Å². The molecule has 0 amide bonds. The summed E-state index contributed by atoms with van der Waals surface area (Å²) < 4.78 is 5.18. The lowest BCUT2D eigenvalue weighted by Gasteiger charge is -2.24. The van der Waals surface area contributed by atoms with Gasteiger partial charge in [0.05, 0.1) is 5.41 Å². The number of ether oxygens (including phenoxy) is 1. The molecule has 0 aromatic rings. The fourth-order valence-electron chi connectivity index (χ4n) is 2.04. The summed E-state index contributed by atoms with van der Waals surface area (Å²) in [6.07, 6.45) is 5.32. The van der Waals surface area contributed by atoms with E-state index in [4.69, 9.17) is 4.74 Å². The highest BCUT2D eigenvalue weighted by Gasteiger charge is 2.40. The molecule has 76 valence electrons. The van der Waals surface area contributed by atoms with Gasteiger partial charge in [0.25, 0.3) is 0 Å². The minimum absolute atomic E-state index is 0.0203. The molecule has 0 unspecified atom stereocenters. The van der Waals surface area contributed by atoms with Crippen LogP contribution in [0.4, 0.5) is 0 Å². The van der Waals surface area contributed by atoms with E-state index in [1.54, 1.807) is 0 Å². The monoisotopic (exact) mass is 248 g/mol. The number of rotatable bonds is 4. The minimum Gasteiger partial charge on any atom is -0.464 e. The van der Waals surface area contributed by atoms with E-state index < -0.39 is 0 Å². The fourth-order valence-corrected chi connectivity index (χ4v) is 2.20. The zero-order valence-corrected chi connectivity index (χ0v) is 9.73. The molecule has 0 bridgehead atoms. The second kappa shape index (κ2) is 4.99. The molecule has 0 spiro atoms. The van der Waals surface area contributed by atoms with Crippen LogP contribution in [0.1, 0.15) is 39.0 Å². The number of carbonyl (C=O) groups excluding carboxylic acids is 1. The maximum atomic E-state index is 11.7. The minimum atomic E-state index is -0.137. The van der Waals surface area contributed by atoms with Gasteiger partial charge in [-0.2, -0.15) is 0 Å². The largest absolute Gasteiger partial charge is 0.464 e. The van der Waals surface area contributed by atoms with Crippen LogP contribution in [-0.4, -0.2) is 17.9 Å². The Kier molecular flexibility index (Phi) is 4.23. The van der Waals surface area contributed by atoms with Crippen LogP contribution in [0.25, 0.3) is 0 Å². The van der Waals surface area contributed by atoms with Gasteiger partial charge in [0, 0.05) is 5.33 Å². The molecule has 0 saturated heterocycles. The van der Waals surface area contributed by atoms with Gasteiger partial charge in [0.2, 0.25) is 0 Å². The SMILES string of the molecule is CCC1(C(=O)OCCBr)CCCC1. The van der Waals surface area contributed by atoms with Gasteiger partial charge in [-0.15, -0.1) is 0 Å². The molecule has 3 heteroatoms. The molecule has 2 nitrogen and oxygen atoms in total. The zero-order chi connectivity index (χ0) is 9.73. The maximum absolute atomic E-state index is 11.7. The Bertz CT molecular complexity index is 174. The standard InChI is InChI=1S/C10H17BrO2/c1-2-10(5-3-4-6-10)9(12)13-8-7-11/h2-8H2,1H3. The molecule has 13 heavy (non-hydrogen) atoms. The van der Waals surface area contributed by atoms with E-state index >= 15 is 0 Å². The van der Waals surface area contributed by atoms with Crippen molar-refractivity contribution in [3.63, 3.8) is 0 Å². The maximum Gasteiger partial charge on any atom is 0.312 e. The Morgan fingerprint density at radius 2 is 2.08 bits per heavy atom. The molecule has 0 aromatic heterocycles. The van der Waals surface area contributed by atoms with Gasteiger partial charge < -0.3 is 4.74 Å². The Hall–Kier alpha value is -0.0500. The van der Waals surface area contributed by atoms with Crippen molar-refractivity contribution in [1.29, 1.82) is 0 Å². The first-order chi connectivity index (χ1) is 6.25. The third kappa shape index (κ3) is 2.46. The van der Waals surface area contributed by atoms with E-state index in [0.717, 1.165) is 24.6 Å². The number of hydrogen-bond donors (Lipinski definition) is 0. The smallest absolute Gasteiger partial charge is 0.312 e. The van der Waals surface area contributed by atoms with E-state index in [2.05, 4.69) is 22.9 Å². The summed E-state index contributed by atoms with van der Waals surface area (Å²) in [6.45, 7) is 2.58. The first-order valence-corrected chi connectivity index (χ1v) is 6.10. The quantitative estimate of drug-likeness (QED) is 0.565. The summed E-state index contributed by atoms with van der Waals surface area (Å²) in [7, 11) is 0. The van der Waals surface area contributed by atoms with Crippen molar-refractivity contribution in [2.24, 2.45) is 5.41 Å². The molecule has 1 aliphatic rings. The molecule has 0 aliphatic heterocycles. The van der Waals surface area contributed by atoms with Gasteiger partial charge in [0.1, 0.15) is 6.61 Å². The van der Waals surface area contributed by atoms with Crippen molar-refractivity contribution in [3.05, 3.63) is 0 Å². The molecule has 1 aliphatic carbocycles. The highest BCUT2D eigenvalue weighted by atomic mass is 79.9. The number of hydrogen-bond acceptors (Lipinski definition) is 2. The van der Waals surface area contributed by atoms with Crippen LogP contribution < -0.4 is 0 Å². The lowest BCUT2D eigenvalue weighted by atomic mass is 9.83. The molecule has 1 saturated carbocycles. The second-order valence-corrected chi connectivity index (χ2v) is 4.46. The van der Waals surface area contributed by atoms with Crippen LogP contribution in [0.3, 0.4) is 0 Å². The van der Waals surface area contributed by atoms with Crippen molar-refractivity contribution in [3.8, 4) is 0 Å². The van der Waals surface area contributed by atoms with Gasteiger partial charge in [0.15, 0.2) is 0 Å². The molecule has 1 rings (SSSR count). The van der Waals surface area contributed by atoms with Crippen molar-refractivity contribution in [2.75, 3.05) is 11.9 Å². The van der Waals surface area contributed by atoms with Crippen LogP contribution in [-0.2, 0) is 9.53 Å². The van der Waals surface area contributed by atoms with Crippen LogP contribution in [0.2, 0.25) is 0 Å². The summed E-state index contributed by atoms with van der Waals surface area (Å²) in [6, 6.07) is 0. The topological polar surface area (TPSA) is 26.3 Å². The lowest BCUT2D eigenvalue weighted by molar-refractivity contribution is -0.155. The zero-order valence-electron chi connectivity index (χ0n) is 8.14. The van der Waals surface area contributed by atoms with Crippen molar-refractivity contribution >= 4 is 21.9 Å². The van der Waals surface area contributed by atoms with Gasteiger partial charge in [-0.25, -0.2) is 0 Å². The van der Waals surface area contributed by atoms with Gasteiger partial charge in [-0.3, -0.25) is 4.79 Å². The third-order valence-electron chi connectivity index (χ3n) is 2.98. The Morgan fingerprint density at radius 1 is 1.46 bits per heavy atom. The van der Waals surface area contributed by atoms with Crippen molar-refractivity contribution in [2.45, 2.75) is 39.0 Å². The first kappa shape index (κ1) is 11.0. The molecule has 0 atom stereocenters. The predicted molar refractivity (Wildman–Crippen MR) is 55.9 cm³/mol. The van der Waals surface area contributed by atoms with Crippen LogP contribution in [0.15, 0.2) is 0 Å². The van der Waals surface area contributed by atoms with E-state index in [0.29, 0.717) is 6.61 Å². The summed E-state index contributed by atoms with van der Waals surface area (Å²) in [5.74, 6) is 0.0203. The van der Waals surface area contributed by atoms with Gasteiger partial charge in [-0.1, -0.05) is 35.7 Å². The Labute approximate surface area is 88.2 Å². The van der Waals surface area contributed by atoms with E-state index in [9.17, 15) is 4.79 Å². The summed E-state index contributed by atoms with van der Waals surface area (Å²) in [5, 5.41) is 0.735. The van der Waals surface area contributed by atoms with Crippen molar-refractivity contribution < 1.29 is 9.53 Å². The molecule has 1 fully saturated rings. The number of alkyl halides is 1. The van der Waals surface area contributed by atoms with Crippen molar-refractivity contribution in [1.82, 2.24) is 0 Å². The number of carbonyl (C=O) groups is 1. The second-order valence-electron chi connectivity index (χ2n) is 3.67. The summed E-state index contributed by atoms with van der Waals surface area (Å²) >= 11 is 3.25. The Balaban J connectivity index is 2.49. The Morgan fingerprint density at radius 3 is 2.54 bits per heavy atom. The van der Waals surface area contributed by atoms with Gasteiger partial charge in [-0.05, 0) is 19.3 Å². The average molecular weight is 249 g/mol. The molecule has 0 heterocycles. The first-order valence-electron chi connectivity index (χ1n) is 4.98. The van der Waals surface area contributed by atoms with E-state index in [1.807, 2.05) is 0 Å². The van der Waals surface area contributed by atoms with Crippen LogP contribution >= 0.6 is 15.9 Å². The number of esters is 1. The fraction of sp³-hybridized carbons (Fsp3) is 0.900. The van der Waals surface area contributed by atoms with Crippen LogP contribution in [0, 0.1) is 5.41 Å². The highest BCUT2D eigenvalue weighted by Crippen LogP contribution is 2.41. The normalized spacial score (nSPS) is 20.2. The number of halogens is 1. The van der Waals surface area contributed by atoms with E-state index in [1.165, 1.54) is 12.8 Å². The van der Waals surface area contributed by atoms with Gasteiger partial charge >= 0.3 is 5.97 Å². The van der Waals surface area contributed by atoms with Crippen LogP contribution in [0.5, 0.6) is 0 Å². The summed E-state index contributed by atoms with van der Waals surface area (Å²) in [5.41, 5.74) is -0.137.